The van der Waals surface area contributed by atoms with E-state index in [0.29, 0.717) is 118 Å². The first-order valence-electron chi connectivity index (χ1n) is 12.8. The molecule has 0 bridgehead atoms. The third kappa shape index (κ3) is 27.3. The average Bonchev–Trinajstić information content (AvgIpc) is 2.81. The van der Waals surface area contributed by atoms with Gasteiger partial charge in [0, 0.05) is 25.3 Å². The Balaban J connectivity index is 3.11. The zero-order valence-corrected chi connectivity index (χ0v) is 22.3. The first-order chi connectivity index (χ1) is 16.9. The first kappa shape index (κ1) is 33.9. The van der Waals surface area contributed by atoms with Crippen LogP contribution in [0.5, 0.6) is 0 Å². The van der Waals surface area contributed by atoms with Crippen molar-refractivity contribution >= 4 is 11.7 Å². The summed E-state index contributed by atoms with van der Waals surface area (Å²) < 4.78 is 37.9. The van der Waals surface area contributed by atoms with Crippen molar-refractivity contribution in [1.29, 1.82) is 0 Å². The van der Waals surface area contributed by atoms with E-state index < -0.39 is 0 Å². The summed E-state index contributed by atoms with van der Waals surface area (Å²) in [6, 6.07) is 0. The number of rotatable bonds is 27. The highest BCUT2D eigenvalue weighted by Gasteiger charge is 2.06. The lowest BCUT2D eigenvalue weighted by molar-refractivity contribution is -0.123. The predicted molar refractivity (Wildman–Crippen MR) is 133 cm³/mol. The molecule has 0 unspecified atom stereocenters. The second-order valence-corrected chi connectivity index (χ2v) is 8.61. The van der Waals surface area contributed by atoms with E-state index in [0.717, 1.165) is 0 Å². The summed E-state index contributed by atoms with van der Waals surface area (Å²) in [6.07, 6.45) is 0.997. The Hall–Kier alpha value is -1.14. The number of hydrogen-bond donors (Lipinski definition) is 1. The molecule has 0 spiro atoms. The van der Waals surface area contributed by atoms with Gasteiger partial charge in [-0.15, -0.1) is 0 Å². The minimum atomic E-state index is 0.0599. The Labute approximate surface area is 211 Å². The van der Waals surface area contributed by atoms with E-state index in [1.165, 1.54) is 0 Å². The normalized spacial score (nSPS) is 11.5. The molecule has 0 fully saturated rings. The molecule has 0 rings (SSSR count). The molecule has 0 saturated carbocycles. The van der Waals surface area contributed by atoms with Gasteiger partial charge in [0.25, 0.3) is 0 Å². The molecule has 10 nitrogen and oxygen atoms in total. The first-order valence-corrected chi connectivity index (χ1v) is 12.8. The number of Topliss-reactive ketones (excluding diaryl/α,β-unsaturated/α-hetero) is 1. The molecular weight excluding hydrogens is 458 g/mol. The second-order valence-electron chi connectivity index (χ2n) is 8.61. The molecule has 35 heavy (non-hydrogen) atoms. The van der Waals surface area contributed by atoms with Gasteiger partial charge in [0.2, 0.25) is 5.91 Å². The number of nitrogens with one attached hydrogen (secondary N) is 1. The van der Waals surface area contributed by atoms with Gasteiger partial charge >= 0.3 is 0 Å². The lowest BCUT2D eigenvalue weighted by Crippen LogP contribution is -2.28. The van der Waals surface area contributed by atoms with Crippen LogP contribution in [0, 0.1) is 11.8 Å². The molecular formula is C25H49NO9. The minimum Gasteiger partial charge on any atom is -0.379 e. The molecule has 0 aliphatic carbocycles. The maximum atomic E-state index is 11.5. The summed E-state index contributed by atoms with van der Waals surface area (Å²) in [5, 5.41) is 2.82. The van der Waals surface area contributed by atoms with Crippen molar-refractivity contribution < 1.29 is 42.7 Å². The SMILES string of the molecule is CC(C)CC(=O)NCCOCCOCCOCCOCCOCCOCCOCCC(=O)C(C)C. The van der Waals surface area contributed by atoms with Crippen molar-refractivity contribution in [2.45, 2.75) is 40.5 Å². The Morgan fingerprint density at radius 2 is 0.886 bits per heavy atom. The zero-order valence-electron chi connectivity index (χ0n) is 22.3. The average molecular weight is 508 g/mol. The maximum Gasteiger partial charge on any atom is 0.220 e. The molecule has 0 saturated heterocycles. The Kier molecular flexibility index (Phi) is 25.1. The highest BCUT2D eigenvalue weighted by molar-refractivity contribution is 5.80. The summed E-state index contributed by atoms with van der Waals surface area (Å²) in [5.74, 6) is 0.704. The fourth-order valence-electron chi connectivity index (χ4n) is 2.59. The van der Waals surface area contributed by atoms with Crippen LogP contribution < -0.4 is 5.32 Å². The van der Waals surface area contributed by atoms with Crippen LogP contribution in [0.25, 0.3) is 0 Å². The van der Waals surface area contributed by atoms with Crippen molar-refractivity contribution in [2.24, 2.45) is 11.8 Å². The molecule has 10 heteroatoms. The highest BCUT2D eigenvalue weighted by atomic mass is 16.6. The highest BCUT2D eigenvalue weighted by Crippen LogP contribution is 1.99. The number of carbonyl (C=O) groups excluding carboxylic acids is 2. The molecule has 1 N–H and O–H groups in total. The van der Waals surface area contributed by atoms with Gasteiger partial charge < -0.3 is 38.5 Å². The number of hydrogen-bond acceptors (Lipinski definition) is 9. The molecule has 208 valence electrons. The van der Waals surface area contributed by atoms with Crippen LogP contribution in [0.1, 0.15) is 40.5 Å². The van der Waals surface area contributed by atoms with Crippen molar-refractivity contribution in [3.05, 3.63) is 0 Å². The number of amides is 1. The molecule has 1 amide bonds. The number of ketones is 1. The molecule has 0 aliphatic heterocycles. The predicted octanol–water partition coefficient (Wildman–Crippen LogP) is 1.88. The van der Waals surface area contributed by atoms with Crippen molar-refractivity contribution in [2.75, 3.05) is 99.0 Å². The van der Waals surface area contributed by atoms with Crippen LogP contribution in [0.4, 0.5) is 0 Å². The summed E-state index contributed by atoms with van der Waals surface area (Å²) in [6.45, 7) is 15.2. The lowest BCUT2D eigenvalue weighted by Gasteiger charge is -2.09. The van der Waals surface area contributed by atoms with Crippen LogP contribution >= 0.6 is 0 Å². The third-order valence-corrected chi connectivity index (χ3v) is 4.53. The van der Waals surface area contributed by atoms with E-state index in [-0.39, 0.29) is 17.6 Å². The molecule has 0 aliphatic rings. The maximum absolute atomic E-state index is 11.5. The molecule has 0 aromatic carbocycles. The smallest absolute Gasteiger partial charge is 0.220 e. The second kappa shape index (κ2) is 25.9. The molecule has 0 heterocycles. The number of ether oxygens (including phenoxy) is 7. The Morgan fingerprint density at radius 1 is 0.543 bits per heavy atom. The minimum absolute atomic E-state index is 0.0599. The monoisotopic (exact) mass is 507 g/mol. The van der Waals surface area contributed by atoms with Crippen molar-refractivity contribution in [1.82, 2.24) is 5.32 Å². The molecule has 0 aromatic heterocycles. The van der Waals surface area contributed by atoms with Crippen LogP contribution in [0.15, 0.2) is 0 Å². The van der Waals surface area contributed by atoms with E-state index in [4.69, 9.17) is 33.2 Å². The van der Waals surface area contributed by atoms with Crippen LogP contribution in [0.3, 0.4) is 0 Å². The largest absolute Gasteiger partial charge is 0.379 e. The molecule has 0 aromatic rings. The van der Waals surface area contributed by atoms with Crippen LogP contribution in [-0.4, -0.2) is 111 Å². The number of carbonyl (C=O) groups is 2. The fourth-order valence-corrected chi connectivity index (χ4v) is 2.59. The summed E-state index contributed by atoms with van der Waals surface area (Å²) in [5.41, 5.74) is 0. The topological polar surface area (TPSA) is 111 Å². The summed E-state index contributed by atoms with van der Waals surface area (Å²) in [4.78, 5) is 22.9. The summed E-state index contributed by atoms with van der Waals surface area (Å²) >= 11 is 0. The van der Waals surface area contributed by atoms with Crippen molar-refractivity contribution in [3.8, 4) is 0 Å². The Bertz CT molecular complexity index is 490. The standard InChI is InChI=1S/C25H49NO9/c1-22(2)21-25(28)26-6-8-30-10-12-32-14-16-34-18-20-35-19-17-33-15-13-31-11-9-29-7-5-24(27)23(3)4/h22-23H,5-21H2,1-4H3,(H,26,28). The van der Waals surface area contributed by atoms with Gasteiger partial charge in [-0.2, -0.15) is 0 Å². The molecule has 0 radical (unpaired) electrons. The van der Waals surface area contributed by atoms with Gasteiger partial charge in [0.1, 0.15) is 5.78 Å². The van der Waals surface area contributed by atoms with Crippen molar-refractivity contribution in [3.63, 3.8) is 0 Å². The van der Waals surface area contributed by atoms with Crippen LogP contribution in [-0.2, 0) is 42.7 Å². The van der Waals surface area contributed by atoms with Gasteiger partial charge in [-0.05, 0) is 5.92 Å². The van der Waals surface area contributed by atoms with Gasteiger partial charge in [-0.1, -0.05) is 27.7 Å². The van der Waals surface area contributed by atoms with E-state index in [9.17, 15) is 9.59 Å². The van der Waals surface area contributed by atoms with Gasteiger partial charge in [0.15, 0.2) is 0 Å². The summed E-state index contributed by atoms with van der Waals surface area (Å²) in [7, 11) is 0. The van der Waals surface area contributed by atoms with Crippen LogP contribution in [0.2, 0.25) is 0 Å². The Morgan fingerprint density at radius 3 is 1.23 bits per heavy atom. The molecule has 0 atom stereocenters. The quantitative estimate of drug-likeness (QED) is 0.167. The van der Waals surface area contributed by atoms with Gasteiger partial charge in [-0.3, -0.25) is 9.59 Å². The third-order valence-electron chi connectivity index (χ3n) is 4.53. The van der Waals surface area contributed by atoms with Gasteiger partial charge in [-0.25, -0.2) is 0 Å². The van der Waals surface area contributed by atoms with E-state index in [2.05, 4.69) is 5.32 Å². The van der Waals surface area contributed by atoms with Gasteiger partial charge in [0.05, 0.1) is 92.5 Å². The van der Waals surface area contributed by atoms with E-state index >= 15 is 0 Å². The fraction of sp³-hybridized carbons (Fsp3) is 0.920. The zero-order chi connectivity index (χ0) is 26.0. The lowest BCUT2D eigenvalue weighted by atomic mass is 10.1. The van der Waals surface area contributed by atoms with E-state index in [1.54, 1.807) is 0 Å². The van der Waals surface area contributed by atoms with E-state index in [1.807, 2.05) is 27.7 Å².